The Hall–Kier alpha value is -2.43. The SMILES string of the molecule is Nc1cncc(C(=O)N2CCCc3ccccc3C2)n1. The van der Waals surface area contributed by atoms with Gasteiger partial charge in [0.25, 0.3) is 5.91 Å². The van der Waals surface area contributed by atoms with Crippen molar-refractivity contribution in [1.29, 1.82) is 0 Å². The highest BCUT2D eigenvalue weighted by Crippen LogP contribution is 2.19. The number of aromatic nitrogens is 2. The number of benzene rings is 1. The van der Waals surface area contributed by atoms with Gasteiger partial charge in [-0.25, -0.2) is 4.98 Å². The predicted molar refractivity (Wildman–Crippen MR) is 75.9 cm³/mol. The van der Waals surface area contributed by atoms with Crippen LogP contribution in [0.3, 0.4) is 0 Å². The third-order valence-corrected chi connectivity index (χ3v) is 3.51. The van der Waals surface area contributed by atoms with Crippen LogP contribution in [0.2, 0.25) is 0 Å². The molecule has 1 amide bonds. The molecule has 0 radical (unpaired) electrons. The topological polar surface area (TPSA) is 72.1 Å². The van der Waals surface area contributed by atoms with Crippen LogP contribution < -0.4 is 5.73 Å². The Morgan fingerprint density at radius 3 is 2.80 bits per heavy atom. The summed E-state index contributed by atoms with van der Waals surface area (Å²) in [5.41, 5.74) is 8.42. The number of aryl methyl sites for hydroxylation is 1. The second-order valence-electron chi connectivity index (χ2n) is 4.93. The van der Waals surface area contributed by atoms with Gasteiger partial charge in [-0.2, -0.15) is 0 Å². The molecule has 5 heteroatoms. The molecule has 0 fully saturated rings. The molecule has 1 aliphatic heterocycles. The molecule has 102 valence electrons. The Balaban J connectivity index is 1.86. The monoisotopic (exact) mass is 268 g/mol. The van der Waals surface area contributed by atoms with Gasteiger partial charge in [0, 0.05) is 13.1 Å². The lowest BCUT2D eigenvalue weighted by molar-refractivity contribution is 0.0739. The van der Waals surface area contributed by atoms with E-state index in [2.05, 4.69) is 22.1 Å². The smallest absolute Gasteiger partial charge is 0.274 e. The van der Waals surface area contributed by atoms with Gasteiger partial charge in [-0.05, 0) is 24.0 Å². The van der Waals surface area contributed by atoms with Crippen molar-refractivity contribution in [2.45, 2.75) is 19.4 Å². The number of nitrogen functional groups attached to an aromatic ring is 1. The summed E-state index contributed by atoms with van der Waals surface area (Å²) in [7, 11) is 0. The first-order valence-corrected chi connectivity index (χ1v) is 6.67. The maximum absolute atomic E-state index is 12.5. The minimum Gasteiger partial charge on any atom is -0.382 e. The number of nitrogens with two attached hydrogens (primary N) is 1. The molecule has 20 heavy (non-hydrogen) atoms. The Labute approximate surface area is 117 Å². The highest BCUT2D eigenvalue weighted by molar-refractivity contribution is 5.92. The van der Waals surface area contributed by atoms with Crippen molar-refractivity contribution in [2.24, 2.45) is 0 Å². The zero-order valence-corrected chi connectivity index (χ0v) is 11.1. The van der Waals surface area contributed by atoms with Crippen LogP contribution in [0, 0.1) is 0 Å². The van der Waals surface area contributed by atoms with Gasteiger partial charge < -0.3 is 10.6 Å². The van der Waals surface area contributed by atoms with E-state index < -0.39 is 0 Å². The van der Waals surface area contributed by atoms with Gasteiger partial charge in [-0.3, -0.25) is 9.78 Å². The summed E-state index contributed by atoms with van der Waals surface area (Å²) in [6.45, 7) is 1.34. The Bertz CT molecular complexity index is 641. The van der Waals surface area contributed by atoms with E-state index in [1.165, 1.54) is 23.5 Å². The fraction of sp³-hybridized carbons (Fsp3) is 0.267. The molecule has 1 aliphatic rings. The molecular formula is C15H16N4O. The molecule has 5 nitrogen and oxygen atoms in total. The second-order valence-corrected chi connectivity index (χ2v) is 4.93. The van der Waals surface area contributed by atoms with E-state index in [0.717, 1.165) is 19.4 Å². The lowest BCUT2D eigenvalue weighted by Crippen LogP contribution is -2.31. The molecule has 2 aromatic rings. The molecule has 0 atom stereocenters. The number of hydrogen-bond acceptors (Lipinski definition) is 4. The summed E-state index contributed by atoms with van der Waals surface area (Å²) in [5, 5.41) is 0. The van der Waals surface area contributed by atoms with Crippen molar-refractivity contribution in [2.75, 3.05) is 12.3 Å². The molecule has 0 saturated heterocycles. The van der Waals surface area contributed by atoms with Crippen molar-refractivity contribution in [3.63, 3.8) is 0 Å². The molecule has 2 heterocycles. The van der Waals surface area contributed by atoms with Crippen LogP contribution in [-0.2, 0) is 13.0 Å². The van der Waals surface area contributed by atoms with Gasteiger partial charge >= 0.3 is 0 Å². The fourth-order valence-corrected chi connectivity index (χ4v) is 2.52. The molecule has 0 spiro atoms. The number of amides is 1. The van der Waals surface area contributed by atoms with Crippen LogP contribution in [0.15, 0.2) is 36.7 Å². The van der Waals surface area contributed by atoms with Gasteiger partial charge in [0.2, 0.25) is 0 Å². The Morgan fingerprint density at radius 2 is 2.00 bits per heavy atom. The molecule has 0 aliphatic carbocycles. The van der Waals surface area contributed by atoms with E-state index >= 15 is 0 Å². The highest BCUT2D eigenvalue weighted by atomic mass is 16.2. The summed E-state index contributed by atoms with van der Waals surface area (Å²) >= 11 is 0. The van der Waals surface area contributed by atoms with Crippen LogP contribution in [-0.4, -0.2) is 27.3 Å². The van der Waals surface area contributed by atoms with Crippen LogP contribution in [0.5, 0.6) is 0 Å². The van der Waals surface area contributed by atoms with Crippen LogP contribution >= 0.6 is 0 Å². The summed E-state index contributed by atoms with van der Waals surface area (Å²) < 4.78 is 0. The van der Waals surface area contributed by atoms with Gasteiger partial charge in [0.15, 0.2) is 0 Å². The van der Waals surface area contributed by atoms with Crippen molar-refractivity contribution >= 4 is 11.7 Å². The van der Waals surface area contributed by atoms with Gasteiger partial charge in [-0.15, -0.1) is 0 Å². The quantitative estimate of drug-likeness (QED) is 0.853. The third-order valence-electron chi connectivity index (χ3n) is 3.51. The van der Waals surface area contributed by atoms with Gasteiger partial charge in [0.1, 0.15) is 11.5 Å². The van der Waals surface area contributed by atoms with E-state index in [-0.39, 0.29) is 11.7 Å². The molecule has 1 aromatic carbocycles. The van der Waals surface area contributed by atoms with Gasteiger partial charge in [-0.1, -0.05) is 24.3 Å². The van der Waals surface area contributed by atoms with E-state index in [4.69, 9.17) is 5.73 Å². The van der Waals surface area contributed by atoms with E-state index in [0.29, 0.717) is 12.2 Å². The first-order valence-electron chi connectivity index (χ1n) is 6.67. The van der Waals surface area contributed by atoms with E-state index in [1.54, 1.807) is 0 Å². The van der Waals surface area contributed by atoms with Crippen molar-refractivity contribution < 1.29 is 4.79 Å². The number of hydrogen-bond donors (Lipinski definition) is 1. The third kappa shape index (κ3) is 2.47. The summed E-state index contributed by atoms with van der Waals surface area (Å²) in [6.07, 6.45) is 4.87. The maximum Gasteiger partial charge on any atom is 0.274 e. The standard InChI is InChI=1S/C15H16N4O/c16-14-9-17-8-13(18-14)15(20)19-7-3-6-11-4-1-2-5-12(11)10-19/h1-2,4-5,8-9H,3,6-7,10H2,(H2,16,18). The van der Waals surface area contributed by atoms with Crippen LogP contribution in [0.4, 0.5) is 5.82 Å². The predicted octanol–water partition coefficient (Wildman–Crippen LogP) is 1.65. The Kier molecular flexibility index (Phi) is 3.33. The first kappa shape index (κ1) is 12.6. The number of carbonyl (C=O) groups excluding carboxylic acids is 1. The highest BCUT2D eigenvalue weighted by Gasteiger charge is 2.21. The molecule has 0 saturated carbocycles. The minimum absolute atomic E-state index is 0.110. The number of rotatable bonds is 1. The molecule has 1 aromatic heterocycles. The number of carbonyl (C=O) groups is 1. The number of anilines is 1. The number of nitrogens with zero attached hydrogens (tertiary/aromatic N) is 3. The second kappa shape index (κ2) is 5.28. The van der Waals surface area contributed by atoms with Crippen molar-refractivity contribution in [1.82, 2.24) is 14.9 Å². The zero-order chi connectivity index (χ0) is 13.9. The largest absolute Gasteiger partial charge is 0.382 e. The average Bonchev–Trinajstić information content (AvgIpc) is 2.68. The fourth-order valence-electron chi connectivity index (χ4n) is 2.52. The summed E-state index contributed by atoms with van der Waals surface area (Å²) in [4.78, 5) is 22.3. The number of fused-ring (bicyclic) bond motifs is 1. The molecule has 0 bridgehead atoms. The molecule has 0 unspecified atom stereocenters. The van der Waals surface area contributed by atoms with Crippen molar-refractivity contribution in [3.8, 4) is 0 Å². The molecule has 3 rings (SSSR count). The maximum atomic E-state index is 12.5. The van der Waals surface area contributed by atoms with Crippen LogP contribution in [0.1, 0.15) is 28.0 Å². The van der Waals surface area contributed by atoms with Gasteiger partial charge in [0.05, 0.1) is 12.4 Å². The zero-order valence-electron chi connectivity index (χ0n) is 11.1. The molecule has 2 N–H and O–H groups in total. The van der Waals surface area contributed by atoms with E-state index in [1.807, 2.05) is 17.0 Å². The summed E-state index contributed by atoms with van der Waals surface area (Å²) in [5.74, 6) is 0.160. The lowest BCUT2D eigenvalue weighted by Gasteiger charge is -2.20. The van der Waals surface area contributed by atoms with Crippen molar-refractivity contribution in [3.05, 3.63) is 53.5 Å². The average molecular weight is 268 g/mol. The molecular weight excluding hydrogens is 252 g/mol. The summed E-state index contributed by atoms with van der Waals surface area (Å²) in [6, 6.07) is 8.25. The minimum atomic E-state index is -0.110. The van der Waals surface area contributed by atoms with Crippen LogP contribution in [0.25, 0.3) is 0 Å². The Morgan fingerprint density at radius 1 is 1.20 bits per heavy atom. The van der Waals surface area contributed by atoms with E-state index in [9.17, 15) is 4.79 Å². The first-order chi connectivity index (χ1) is 9.74. The lowest BCUT2D eigenvalue weighted by atomic mass is 10.0. The normalized spacial score (nSPS) is 14.5.